The maximum atomic E-state index is 11.5. The van der Waals surface area contributed by atoms with Gasteiger partial charge in [-0.1, -0.05) is 11.6 Å². The molecule has 0 saturated carbocycles. The summed E-state index contributed by atoms with van der Waals surface area (Å²) in [5.74, 6) is 0.582. The summed E-state index contributed by atoms with van der Waals surface area (Å²) in [4.78, 5) is 15.9. The molecule has 0 amide bonds. The molecule has 0 aromatic carbocycles. The fraction of sp³-hybridized carbons (Fsp3) is 0.765. The molecule has 0 bridgehead atoms. The molecular formula is C17H31N3O2. The Bertz CT molecular complexity index is 389. The first-order valence-corrected chi connectivity index (χ1v) is 8.51. The summed E-state index contributed by atoms with van der Waals surface area (Å²) in [7, 11) is 0. The second-order valence-electron chi connectivity index (χ2n) is 5.83. The number of carbonyl (C=O) groups excluding carboxylic acids is 1. The molecule has 0 aromatic heterocycles. The molecule has 22 heavy (non-hydrogen) atoms. The number of carbonyl (C=O) groups is 1. The molecule has 0 heterocycles. The Kier molecular flexibility index (Phi) is 9.35. The topological polar surface area (TPSA) is 62.7 Å². The quantitative estimate of drug-likeness (QED) is 0.313. The van der Waals surface area contributed by atoms with E-state index in [-0.39, 0.29) is 12.1 Å². The minimum absolute atomic E-state index is 0.0633. The normalized spacial score (nSPS) is 15.5. The van der Waals surface area contributed by atoms with Gasteiger partial charge in [-0.15, -0.1) is 0 Å². The van der Waals surface area contributed by atoms with Crippen LogP contribution in [0.1, 0.15) is 59.3 Å². The number of aliphatic imine (C=N–C) groups is 1. The van der Waals surface area contributed by atoms with Crippen LogP contribution in [0.4, 0.5) is 0 Å². The van der Waals surface area contributed by atoms with Gasteiger partial charge >= 0.3 is 5.97 Å². The smallest absolute Gasteiger partial charge is 0.307 e. The largest absolute Gasteiger partial charge is 0.463 e. The molecule has 0 aliphatic heterocycles. The monoisotopic (exact) mass is 309 g/mol. The van der Waals surface area contributed by atoms with E-state index in [0.29, 0.717) is 13.0 Å². The van der Waals surface area contributed by atoms with Gasteiger partial charge in [-0.3, -0.25) is 9.79 Å². The zero-order valence-corrected chi connectivity index (χ0v) is 14.3. The Balaban J connectivity index is 2.28. The Hall–Kier alpha value is -1.52. The van der Waals surface area contributed by atoms with Gasteiger partial charge in [-0.2, -0.15) is 0 Å². The van der Waals surface area contributed by atoms with E-state index in [1.54, 1.807) is 5.57 Å². The lowest BCUT2D eigenvalue weighted by Crippen LogP contribution is -2.38. The summed E-state index contributed by atoms with van der Waals surface area (Å²) in [6.07, 6.45) is 8.80. The second kappa shape index (κ2) is 11.1. The third-order valence-corrected chi connectivity index (χ3v) is 3.42. The molecule has 5 nitrogen and oxygen atoms in total. The lowest BCUT2D eigenvalue weighted by molar-refractivity contribution is -0.147. The highest BCUT2D eigenvalue weighted by Crippen LogP contribution is 2.19. The highest BCUT2D eigenvalue weighted by molar-refractivity contribution is 5.80. The molecule has 1 aliphatic rings. The maximum Gasteiger partial charge on any atom is 0.307 e. The van der Waals surface area contributed by atoms with Crippen molar-refractivity contribution in [2.45, 2.75) is 65.4 Å². The molecule has 2 N–H and O–H groups in total. The minimum atomic E-state index is -0.193. The molecule has 126 valence electrons. The van der Waals surface area contributed by atoms with E-state index in [9.17, 15) is 4.79 Å². The number of allylic oxidation sites excluding steroid dienone is 1. The van der Waals surface area contributed by atoms with Crippen LogP contribution in [0.5, 0.6) is 0 Å². The molecule has 0 aromatic rings. The van der Waals surface area contributed by atoms with Gasteiger partial charge in [0.25, 0.3) is 0 Å². The average Bonchev–Trinajstić information content (AvgIpc) is 2.47. The molecule has 1 aliphatic carbocycles. The van der Waals surface area contributed by atoms with E-state index in [1.807, 2.05) is 20.8 Å². The van der Waals surface area contributed by atoms with Crippen LogP contribution in [0.3, 0.4) is 0 Å². The van der Waals surface area contributed by atoms with Crippen molar-refractivity contribution in [2.24, 2.45) is 4.99 Å². The fourth-order valence-electron chi connectivity index (χ4n) is 2.40. The summed E-state index contributed by atoms with van der Waals surface area (Å²) < 4.78 is 5.10. The Labute approximate surface area is 134 Å². The van der Waals surface area contributed by atoms with Crippen molar-refractivity contribution < 1.29 is 9.53 Å². The number of hydrogen-bond acceptors (Lipinski definition) is 3. The van der Waals surface area contributed by atoms with Gasteiger partial charge in [0.15, 0.2) is 5.96 Å². The fourth-order valence-corrected chi connectivity index (χ4v) is 2.40. The van der Waals surface area contributed by atoms with Crippen molar-refractivity contribution in [2.75, 3.05) is 19.6 Å². The lowest BCUT2D eigenvalue weighted by atomic mass is 9.97. The van der Waals surface area contributed by atoms with Gasteiger partial charge in [0.1, 0.15) is 0 Å². The molecule has 5 heteroatoms. The molecular weight excluding hydrogens is 278 g/mol. The molecule has 0 radical (unpaired) electrons. The third kappa shape index (κ3) is 8.70. The SMILES string of the molecule is CCNC(=NCCC(=O)OC(C)C)NCCC1=CCCCC1. The molecule has 1 rings (SSSR count). The van der Waals surface area contributed by atoms with Gasteiger partial charge in [0, 0.05) is 13.1 Å². The number of nitrogens with one attached hydrogen (secondary N) is 2. The molecule has 0 atom stereocenters. The van der Waals surface area contributed by atoms with E-state index >= 15 is 0 Å². The summed E-state index contributed by atoms with van der Waals surface area (Å²) >= 11 is 0. The maximum absolute atomic E-state index is 11.5. The van der Waals surface area contributed by atoms with E-state index in [4.69, 9.17) is 4.74 Å². The predicted molar refractivity (Wildman–Crippen MR) is 91.0 cm³/mol. The number of ether oxygens (including phenoxy) is 1. The van der Waals surface area contributed by atoms with Crippen molar-refractivity contribution in [3.8, 4) is 0 Å². The zero-order valence-electron chi connectivity index (χ0n) is 14.3. The van der Waals surface area contributed by atoms with Crippen LogP contribution in [0.25, 0.3) is 0 Å². The number of nitrogens with zero attached hydrogens (tertiary/aromatic N) is 1. The van der Waals surface area contributed by atoms with E-state index < -0.39 is 0 Å². The Morgan fingerprint density at radius 2 is 2.18 bits per heavy atom. The predicted octanol–water partition coefficient (Wildman–Crippen LogP) is 2.77. The summed E-state index contributed by atoms with van der Waals surface area (Å²) in [6.45, 7) is 7.88. The summed E-state index contributed by atoms with van der Waals surface area (Å²) in [6, 6.07) is 0. The van der Waals surface area contributed by atoms with Crippen LogP contribution in [0, 0.1) is 0 Å². The van der Waals surface area contributed by atoms with Crippen LogP contribution in [0.2, 0.25) is 0 Å². The minimum Gasteiger partial charge on any atom is -0.463 e. The van der Waals surface area contributed by atoms with Crippen LogP contribution < -0.4 is 10.6 Å². The first kappa shape index (κ1) is 18.5. The van der Waals surface area contributed by atoms with Gasteiger partial charge in [0.05, 0.1) is 19.1 Å². The van der Waals surface area contributed by atoms with Crippen molar-refractivity contribution in [3.63, 3.8) is 0 Å². The second-order valence-corrected chi connectivity index (χ2v) is 5.83. The lowest BCUT2D eigenvalue weighted by Gasteiger charge is -2.15. The summed E-state index contributed by atoms with van der Waals surface area (Å²) in [5.41, 5.74) is 1.55. The van der Waals surface area contributed by atoms with Crippen molar-refractivity contribution in [3.05, 3.63) is 11.6 Å². The summed E-state index contributed by atoms with van der Waals surface area (Å²) in [5, 5.41) is 6.53. The molecule has 0 saturated heterocycles. The average molecular weight is 309 g/mol. The van der Waals surface area contributed by atoms with Gasteiger partial charge in [-0.25, -0.2) is 0 Å². The zero-order chi connectivity index (χ0) is 16.2. The third-order valence-electron chi connectivity index (χ3n) is 3.42. The van der Waals surface area contributed by atoms with Crippen molar-refractivity contribution in [1.82, 2.24) is 10.6 Å². The number of esters is 1. The van der Waals surface area contributed by atoms with Crippen LogP contribution in [-0.4, -0.2) is 37.7 Å². The first-order chi connectivity index (χ1) is 10.6. The van der Waals surface area contributed by atoms with Crippen LogP contribution in [0.15, 0.2) is 16.6 Å². The van der Waals surface area contributed by atoms with Crippen molar-refractivity contribution >= 4 is 11.9 Å². The van der Waals surface area contributed by atoms with E-state index in [2.05, 4.69) is 21.7 Å². The van der Waals surface area contributed by atoms with Crippen LogP contribution in [-0.2, 0) is 9.53 Å². The van der Waals surface area contributed by atoms with Crippen LogP contribution >= 0.6 is 0 Å². The van der Waals surface area contributed by atoms with Gasteiger partial charge in [0.2, 0.25) is 0 Å². The van der Waals surface area contributed by atoms with Gasteiger partial charge < -0.3 is 15.4 Å². The standard InChI is InChI=1S/C17H31N3O2/c1-4-18-17(20-13-11-16(21)22-14(2)3)19-12-10-15-8-6-5-7-9-15/h8,14H,4-7,9-13H2,1-3H3,(H2,18,19,20). The Morgan fingerprint density at radius 3 is 2.82 bits per heavy atom. The molecule has 0 spiro atoms. The highest BCUT2D eigenvalue weighted by atomic mass is 16.5. The van der Waals surface area contributed by atoms with Crippen molar-refractivity contribution in [1.29, 1.82) is 0 Å². The number of rotatable bonds is 8. The van der Waals surface area contributed by atoms with E-state index in [1.165, 1.54) is 25.7 Å². The number of guanidine groups is 1. The first-order valence-electron chi connectivity index (χ1n) is 8.51. The molecule has 0 unspecified atom stereocenters. The van der Waals surface area contributed by atoms with Gasteiger partial charge in [-0.05, 0) is 52.9 Å². The Morgan fingerprint density at radius 1 is 1.36 bits per heavy atom. The number of hydrogen-bond donors (Lipinski definition) is 2. The molecule has 0 fully saturated rings. The highest BCUT2D eigenvalue weighted by Gasteiger charge is 2.06. The van der Waals surface area contributed by atoms with E-state index in [0.717, 1.165) is 25.5 Å².